The van der Waals surface area contributed by atoms with Gasteiger partial charge in [-0.1, -0.05) is 36.4 Å². The van der Waals surface area contributed by atoms with Crippen LogP contribution >= 0.6 is 11.3 Å². The van der Waals surface area contributed by atoms with E-state index in [4.69, 9.17) is 14.2 Å². The fourth-order valence-corrected chi connectivity index (χ4v) is 3.65. The van der Waals surface area contributed by atoms with Crippen molar-refractivity contribution in [2.45, 2.75) is 19.6 Å². The predicted octanol–water partition coefficient (Wildman–Crippen LogP) is 5.46. The molecule has 0 saturated carbocycles. The molecule has 0 saturated heterocycles. The number of hydrazone groups is 1. The average molecular weight is 501 g/mol. The van der Waals surface area contributed by atoms with Gasteiger partial charge in [-0.15, -0.1) is 11.3 Å². The number of nitrogens with zero attached hydrogens (tertiary/aromatic N) is 1. The van der Waals surface area contributed by atoms with Crippen molar-refractivity contribution in [3.63, 3.8) is 0 Å². The molecular formula is C28H24N2O5S. The molecular weight excluding hydrogens is 476 g/mol. The molecule has 1 N–H and O–H groups in total. The minimum atomic E-state index is -0.753. The molecule has 0 aliphatic rings. The second-order valence-corrected chi connectivity index (χ2v) is 8.62. The first-order valence-corrected chi connectivity index (χ1v) is 12.1. The minimum Gasteiger partial charge on any atom is -0.489 e. The van der Waals surface area contributed by atoms with Crippen LogP contribution in [0.25, 0.3) is 0 Å². The zero-order chi connectivity index (χ0) is 25.2. The van der Waals surface area contributed by atoms with E-state index in [1.54, 1.807) is 67.6 Å². The summed E-state index contributed by atoms with van der Waals surface area (Å²) >= 11 is 1.32. The molecule has 4 aromatic rings. The van der Waals surface area contributed by atoms with Crippen LogP contribution in [-0.4, -0.2) is 24.2 Å². The highest BCUT2D eigenvalue weighted by Gasteiger charge is 2.14. The smallest absolute Gasteiger partial charge is 0.353 e. The molecule has 0 unspecified atom stereocenters. The van der Waals surface area contributed by atoms with Gasteiger partial charge in [0.2, 0.25) is 0 Å². The Kier molecular flexibility index (Phi) is 8.45. The Bertz CT molecular complexity index is 1290. The molecule has 8 heteroatoms. The van der Waals surface area contributed by atoms with Gasteiger partial charge in [0.15, 0.2) is 6.10 Å². The van der Waals surface area contributed by atoms with Gasteiger partial charge in [-0.05, 0) is 78.0 Å². The molecule has 4 rings (SSSR count). The Hall–Kier alpha value is -4.43. The van der Waals surface area contributed by atoms with Gasteiger partial charge in [0.25, 0.3) is 5.91 Å². The van der Waals surface area contributed by atoms with E-state index in [-0.39, 0.29) is 0 Å². The third-order valence-electron chi connectivity index (χ3n) is 4.96. The maximum absolute atomic E-state index is 12.3. The van der Waals surface area contributed by atoms with E-state index in [1.165, 1.54) is 17.6 Å². The Balaban J connectivity index is 1.21. The Morgan fingerprint density at radius 2 is 1.58 bits per heavy atom. The summed E-state index contributed by atoms with van der Waals surface area (Å²) in [6.07, 6.45) is 0.742. The third kappa shape index (κ3) is 7.28. The van der Waals surface area contributed by atoms with Gasteiger partial charge in [-0.2, -0.15) is 5.10 Å². The van der Waals surface area contributed by atoms with Crippen LogP contribution in [0.1, 0.15) is 27.7 Å². The Labute approximate surface area is 213 Å². The van der Waals surface area contributed by atoms with Crippen LogP contribution < -0.4 is 19.6 Å². The lowest BCUT2D eigenvalue weighted by Crippen LogP contribution is -2.33. The number of hydrogen-bond acceptors (Lipinski definition) is 7. The zero-order valence-corrected chi connectivity index (χ0v) is 20.3. The summed E-state index contributed by atoms with van der Waals surface area (Å²) in [4.78, 5) is 24.9. The summed E-state index contributed by atoms with van der Waals surface area (Å²) in [6, 6.07) is 27.3. The molecule has 0 aliphatic heterocycles. The maximum atomic E-state index is 12.3. The Morgan fingerprint density at radius 1 is 0.889 bits per heavy atom. The molecule has 0 spiro atoms. The summed E-state index contributed by atoms with van der Waals surface area (Å²) < 4.78 is 16.8. The van der Waals surface area contributed by atoms with Crippen LogP contribution in [0.3, 0.4) is 0 Å². The highest BCUT2D eigenvalue weighted by atomic mass is 32.1. The van der Waals surface area contributed by atoms with Crippen molar-refractivity contribution in [3.8, 4) is 17.2 Å². The number of rotatable bonds is 10. The largest absolute Gasteiger partial charge is 0.489 e. The molecule has 182 valence electrons. The quantitative estimate of drug-likeness (QED) is 0.135. The van der Waals surface area contributed by atoms with E-state index in [0.29, 0.717) is 28.7 Å². The van der Waals surface area contributed by atoms with Crippen molar-refractivity contribution in [1.82, 2.24) is 5.43 Å². The van der Waals surface area contributed by atoms with Gasteiger partial charge in [0.1, 0.15) is 28.7 Å². The molecule has 0 bridgehead atoms. The molecule has 1 aromatic heterocycles. The molecule has 0 aliphatic carbocycles. The zero-order valence-electron chi connectivity index (χ0n) is 19.5. The van der Waals surface area contributed by atoms with Gasteiger partial charge >= 0.3 is 5.97 Å². The topological polar surface area (TPSA) is 86.2 Å². The molecule has 7 nitrogen and oxygen atoms in total. The molecule has 0 radical (unpaired) electrons. The van der Waals surface area contributed by atoms with Crippen molar-refractivity contribution in [2.24, 2.45) is 5.10 Å². The lowest BCUT2D eigenvalue weighted by atomic mass is 10.2. The number of ether oxygens (including phenoxy) is 3. The highest BCUT2D eigenvalue weighted by Crippen LogP contribution is 2.20. The van der Waals surface area contributed by atoms with Crippen molar-refractivity contribution in [2.75, 3.05) is 0 Å². The fraction of sp³-hybridized carbons (Fsp3) is 0.107. The molecule has 1 atom stereocenters. The summed E-state index contributed by atoms with van der Waals surface area (Å²) in [5, 5.41) is 5.79. The maximum Gasteiger partial charge on any atom is 0.353 e. The van der Waals surface area contributed by atoms with Crippen molar-refractivity contribution >= 4 is 29.4 Å². The lowest BCUT2D eigenvalue weighted by Gasteiger charge is -2.13. The number of hydrogen-bond donors (Lipinski definition) is 1. The molecule has 3 aromatic carbocycles. The number of carbonyl (C=O) groups excluding carboxylic acids is 2. The normalized spacial score (nSPS) is 11.6. The van der Waals surface area contributed by atoms with E-state index >= 15 is 0 Å². The van der Waals surface area contributed by atoms with Crippen LogP contribution in [0, 0.1) is 0 Å². The minimum absolute atomic E-state index is 0.392. The first-order chi connectivity index (χ1) is 17.6. The molecule has 1 amide bonds. The number of benzene rings is 3. The summed E-state index contributed by atoms with van der Waals surface area (Å²) in [7, 11) is 0. The third-order valence-corrected chi connectivity index (χ3v) is 5.81. The van der Waals surface area contributed by atoms with E-state index < -0.39 is 18.0 Å². The lowest BCUT2D eigenvalue weighted by molar-refractivity contribution is -0.127. The summed E-state index contributed by atoms with van der Waals surface area (Å²) in [5.41, 5.74) is 4.27. The fourth-order valence-electron chi connectivity index (χ4n) is 3.05. The van der Waals surface area contributed by atoms with E-state index in [0.717, 1.165) is 11.1 Å². The van der Waals surface area contributed by atoms with Crippen LogP contribution in [-0.2, 0) is 11.4 Å². The number of nitrogens with one attached hydrogen (secondary N) is 1. The SMILES string of the molecule is C[C@H](Oc1ccc(OCc2ccccc2)cc1)C(=O)N/N=C\c1ccc(OC(=O)c2cccs2)cc1. The second kappa shape index (κ2) is 12.3. The van der Waals surface area contributed by atoms with E-state index in [2.05, 4.69) is 10.5 Å². The summed E-state index contributed by atoms with van der Waals surface area (Å²) in [6.45, 7) is 2.11. The molecule has 1 heterocycles. The average Bonchev–Trinajstić information content (AvgIpc) is 3.45. The van der Waals surface area contributed by atoms with Gasteiger partial charge in [-0.25, -0.2) is 10.2 Å². The van der Waals surface area contributed by atoms with Crippen LogP contribution in [0.5, 0.6) is 17.2 Å². The van der Waals surface area contributed by atoms with Gasteiger partial charge in [0.05, 0.1) is 6.21 Å². The van der Waals surface area contributed by atoms with Crippen molar-refractivity contribution < 1.29 is 23.8 Å². The monoisotopic (exact) mass is 500 g/mol. The van der Waals surface area contributed by atoms with Gasteiger partial charge in [-0.3, -0.25) is 4.79 Å². The van der Waals surface area contributed by atoms with E-state index in [1.807, 2.05) is 35.7 Å². The number of carbonyl (C=O) groups is 2. The van der Waals surface area contributed by atoms with E-state index in [9.17, 15) is 9.59 Å². The Morgan fingerprint density at radius 3 is 2.28 bits per heavy atom. The van der Waals surface area contributed by atoms with Crippen molar-refractivity contribution in [3.05, 3.63) is 112 Å². The van der Waals surface area contributed by atoms with Gasteiger partial charge < -0.3 is 14.2 Å². The molecule has 36 heavy (non-hydrogen) atoms. The standard InChI is InChI=1S/C28H24N2O5S/c1-20(34-24-15-13-23(14-16-24)33-19-22-6-3-2-4-7-22)27(31)30-29-18-21-9-11-25(12-10-21)35-28(32)26-8-5-17-36-26/h2-18,20H,19H2,1H3,(H,30,31)/b29-18-/t20-/m0/s1. The second-order valence-electron chi connectivity index (χ2n) is 7.68. The van der Waals surface area contributed by atoms with Crippen LogP contribution in [0.4, 0.5) is 0 Å². The highest BCUT2D eigenvalue weighted by molar-refractivity contribution is 7.12. The van der Waals surface area contributed by atoms with Crippen LogP contribution in [0.2, 0.25) is 0 Å². The number of thiophene rings is 1. The predicted molar refractivity (Wildman–Crippen MR) is 139 cm³/mol. The summed E-state index contributed by atoms with van der Waals surface area (Å²) in [5.74, 6) is 0.883. The van der Waals surface area contributed by atoms with Crippen LogP contribution in [0.15, 0.2) is 101 Å². The number of esters is 1. The first-order valence-electron chi connectivity index (χ1n) is 11.2. The van der Waals surface area contributed by atoms with Gasteiger partial charge in [0, 0.05) is 0 Å². The van der Waals surface area contributed by atoms with Crippen molar-refractivity contribution in [1.29, 1.82) is 0 Å². The number of amides is 1. The molecule has 0 fully saturated rings. The first kappa shape index (κ1) is 24.7.